The Morgan fingerprint density at radius 2 is 1.64 bits per heavy atom. The number of hydrogen-bond donors (Lipinski definition) is 0. The van der Waals surface area contributed by atoms with E-state index in [1.807, 2.05) is 0 Å². The molecular formula is C9H7Br2FO2. The summed E-state index contributed by atoms with van der Waals surface area (Å²) < 4.78 is 24.9. The highest BCUT2D eigenvalue weighted by atomic mass is 79.9. The van der Waals surface area contributed by atoms with Crippen molar-refractivity contribution in [2.75, 3.05) is 13.2 Å². The molecule has 0 unspecified atom stereocenters. The second-order valence-electron chi connectivity index (χ2n) is 2.86. The zero-order valence-corrected chi connectivity index (χ0v) is 10.3. The minimum atomic E-state index is -0.403. The molecule has 2 rings (SSSR count). The van der Waals surface area contributed by atoms with Crippen molar-refractivity contribution in [3.63, 3.8) is 0 Å². The number of rotatable bonds is 1. The smallest absolute Gasteiger partial charge is 0.186 e. The Balaban J connectivity index is 2.40. The van der Waals surface area contributed by atoms with Crippen LogP contribution < -0.4 is 0 Å². The molecule has 2 nitrogen and oxygen atoms in total. The quantitative estimate of drug-likeness (QED) is 0.788. The molecule has 1 aromatic rings. The van der Waals surface area contributed by atoms with Gasteiger partial charge in [0.2, 0.25) is 0 Å². The molecule has 1 aromatic carbocycles. The van der Waals surface area contributed by atoms with E-state index in [1.165, 1.54) is 12.1 Å². The fourth-order valence-corrected chi connectivity index (χ4v) is 2.81. The van der Waals surface area contributed by atoms with Gasteiger partial charge < -0.3 is 9.47 Å². The standard InChI is InChI=1S/C9H7Br2FO2/c10-6-3-5(12)4-7(11)8(6)9-13-1-2-14-9/h3-4,9H,1-2H2. The minimum Gasteiger partial charge on any atom is -0.346 e. The topological polar surface area (TPSA) is 18.5 Å². The van der Waals surface area contributed by atoms with Gasteiger partial charge in [0.25, 0.3) is 0 Å². The molecule has 0 spiro atoms. The molecule has 0 radical (unpaired) electrons. The summed E-state index contributed by atoms with van der Waals surface area (Å²) in [6.07, 6.45) is -0.403. The number of ether oxygens (including phenoxy) is 2. The van der Waals surface area contributed by atoms with Gasteiger partial charge in [-0.1, -0.05) is 31.9 Å². The van der Waals surface area contributed by atoms with E-state index in [0.29, 0.717) is 22.2 Å². The van der Waals surface area contributed by atoms with E-state index >= 15 is 0 Å². The van der Waals surface area contributed by atoms with Crippen LogP contribution in [0.1, 0.15) is 11.9 Å². The molecule has 0 aromatic heterocycles. The molecule has 1 aliphatic heterocycles. The van der Waals surface area contributed by atoms with Crippen molar-refractivity contribution >= 4 is 31.9 Å². The van der Waals surface area contributed by atoms with Crippen LogP contribution in [0.5, 0.6) is 0 Å². The third-order valence-corrected chi connectivity index (χ3v) is 3.21. The van der Waals surface area contributed by atoms with Crippen LogP contribution in [0.2, 0.25) is 0 Å². The number of benzene rings is 1. The summed E-state index contributed by atoms with van der Waals surface area (Å²) in [6, 6.07) is 2.79. The average Bonchev–Trinajstić information content (AvgIpc) is 2.54. The van der Waals surface area contributed by atoms with Gasteiger partial charge in [0, 0.05) is 14.5 Å². The Hall–Kier alpha value is 0.0300. The largest absolute Gasteiger partial charge is 0.346 e. The van der Waals surface area contributed by atoms with Crippen molar-refractivity contribution in [1.29, 1.82) is 0 Å². The molecule has 5 heteroatoms. The van der Waals surface area contributed by atoms with Crippen LogP contribution in [-0.2, 0) is 9.47 Å². The van der Waals surface area contributed by atoms with Crippen LogP contribution in [0.4, 0.5) is 4.39 Å². The lowest BCUT2D eigenvalue weighted by molar-refractivity contribution is -0.0452. The molecule has 0 amide bonds. The lowest BCUT2D eigenvalue weighted by Gasteiger charge is -2.13. The highest BCUT2D eigenvalue weighted by Gasteiger charge is 2.23. The van der Waals surface area contributed by atoms with Gasteiger partial charge in [-0.25, -0.2) is 4.39 Å². The molecule has 0 aliphatic carbocycles. The maximum absolute atomic E-state index is 13.0. The van der Waals surface area contributed by atoms with Gasteiger partial charge in [-0.05, 0) is 12.1 Å². The molecule has 1 fully saturated rings. The van der Waals surface area contributed by atoms with Gasteiger partial charge in [0.1, 0.15) is 5.82 Å². The first kappa shape index (κ1) is 10.5. The van der Waals surface area contributed by atoms with Crippen molar-refractivity contribution < 1.29 is 13.9 Å². The highest BCUT2D eigenvalue weighted by Crippen LogP contribution is 2.36. The molecular weight excluding hydrogens is 319 g/mol. The molecule has 14 heavy (non-hydrogen) atoms. The first-order valence-corrected chi connectivity index (χ1v) is 5.65. The SMILES string of the molecule is Fc1cc(Br)c(C2OCCO2)c(Br)c1. The fourth-order valence-electron chi connectivity index (χ4n) is 1.30. The lowest BCUT2D eigenvalue weighted by Crippen LogP contribution is -2.01. The summed E-state index contributed by atoms with van der Waals surface area (Å²) in [5.41, 5.74) is 0.795. The van der Waals surface area contributed by atoms with Crippen LogP contribution in [0.25, 0.3) is 0 Å². The Kier molecular flexibility index (Phi) is 3.21. The molecule has 1 saturated heterocycles. The van der Waals surface area contributed by atoms with E-state index in [-0.39, 0.29) is 5.82 Å². The van der Waals surface area contributed by atoms with Crippen molar-refractivity contribution in [1.82, 2.24) is 0 Å². The second-order valence-corrected chi connectivity index (χ2v) is 4.57. The van der Waals surface area contributed by atoms with Crippen LogP contribution in [-0.4, -0.2) is 13.2 Å². The van der Waals surface area contributed by atoms with Gasteiger partial charge in [-0.3, -0.25) is 0 Å². The van der Waals surface area contributed by atoms with Crippen LogP contribution in [0.3, 0.4) is 0 Å². The van der Waals surface area contributed by atoms with Crippen molar-refractivity contribution in [2.45, 2.75) is 6.29 Å². The van der Waals surface area contributed by atoms with Crippen LogP contribution in [0, 0.1) is 5.82 Å². The van der Waals surface area contributed by atoms with E-state index in [2.05, 4.69) is 31.9 Å². The van der Waals surface area contributed by atoms with Crippen LogP contribution >= 0.6 is 31.9 Å². The third-order valence-electron chi connectivity index (χ3n) is 1.90. The first-order chi connectivity index (χ1) is 6.68. The minimum absolute atomic E-state index is 0.300. The highest BCUT2D eigenvalue weighted by molar-refractivity contribution is 9.11. The summed E-state index contributed by atoms with van der Waals surface area (Å²) >= 11 is 6.56. The summed E-state index contributed by atoms with van der Waals surface area (Å²) in [5.74, 6) is -0.300. The Morgan fingerprint density at radius 3 is 2.14 bits per heavy atom. The molecule has 0 saturated carbocycles. The first-order valence-electron chi connectivity index (χ1n) is 4.06. The van der Waals surface area contributed by atoms with Gasteiger partial charge in [-0.2, -0.15) is 0 Å². The van der Waals surface area contributed by atoms with Gasteiger partial charge >= 0.3 is 0 Å². The summed E-state index contributed by atoms with van der Waals surface area (Å²) in [4.78, 5) is 0. The monoisotopic (exact) mass is 324 g/mol. The number of halogens is 3. The third kappa shape index (κ3) is 2.00. The Morgan fingerprint density at radius 1 is 1.14 bits per heavy atom. The van der Waals surface area contributed by atoms with E-state index < -0.39 is 6.29 Å². The predicted octanol–water partition coefficient (Wildman–Crippen LogP) is 3.40. The average molecular weight is 326 g/mol. The summed E-state index contributed by atoms with van der Waals surface area (Å²) in [7, 11) is 0. The molecule has 0 bridgehead atoms. The fraction of sp³-hybridized carbons (Fsp3) is 0.333. The molecule has 0 atom stereocenters. The second kappa shape index (κ2) is 4.26. The lowest BCUT2D eigenvalue weighted by atomic mass is 10.2. The van der Waals surface area contributed by atoms with E-state index in [1.54, 1.807) is 0 Å². The van der Waals surface area contributed by atoms with E-state index in [9.17, 15) is 4.39 Å². The molecule has 1 aliphatic rings. The van der Waals surface area contributed by atoms with Crippen LogP contribution in [0.15, 0.2) is 21.1 Å². The molecule has 76 valence electrons. The van der Waals surface area contributed by atoms with Gasteiger partial charge in [0.15, 0.2) is 6.29 Å². The van der Waals surface area contributed by atoms with Crippen molar-refractivity contribution in [2.24, 2.45) is 0 Å². The summed E-state index contributed by atoms with van der Waals surface area (Å²) in [5, 5.41) is 0. The van der Waals surface area contributed by atoms with Gasteiger partial charge in [0.05, 0.1) is 13.2 Å². The van der Waals surface area contributed by atoms with Crippen molar-refractivity contribution in [3.8, 4) is 0 Å². The van der Waals surface area contributed by atoms with Crippen molar-refractivity contribution in [3.05, 3.63) is 32.5 Å². The predicted molar refractivity (Wildman–Crippen MR) is 56.4 cm³/mol. The Bertz CT molecular complexity index is 328. The zero-order chi connectivity index (χ0) is 10.1. The van der Waals surface area contributed by atoms with E-state index in [0.717, 1.165) is 5.56 Å². The number of hydrogen-bond acceptors (Lipinski definition) is 2. The van der Waals surface area contributed by atoms with Gasteiger partial charge in [-0.15, -0.1) is 0 Å². The molecule has 0 N–H and O–H groups in total. The van der Waals surface area contributed by atoms with E-state index in [4.69, 9.17) is 9.47 Å². The maximum atomic E-state index is 13.0. The summed E-state index contributed by atoms with van der Waals surface area (Å²) in [6.45, 7) is 1.14. The zero-order valence-electron chi connectivity index (χ0n) is 7.10. The molecule has 1 heterocycles. The Labute approximate surface area is 97.6 Å². The maximum Gasteiger partial charge on any atom is 0.186 e. The normalized spacial score (nSPS) is 17.6.